The van der Waals surface area contributed by atoms with Crippen molar-refractivity contribution in [3.8, 4) is 0 Å². The fourth-order valence-corrected chi connectivity index (χ4v) is 3.07. The van der Waals surface area contributed by atoms with Crippen LogP contribution in [-0.4, -0.2) is 54.3 Å². The van der Waals surface area contributed by atoms with Gasteiger partial charge in [-0.3, -0.25) is 14.4 Å². The highest BCUT2D eigenvalue weighted by Crippen LogP contribution is 2.16. The van der Waals surface area contributed by atoms with E-state index in [0.717, 1.165) is 18.4 Å². The summed E-state index contributed by atoms with van der Waals surface area (Å²) in [6.45, 7) is 1.52. The van der Waals surface area contributed by atoms with Crippen molar-refractivity contribution in [1.82, 2.24) is 10.2 Å². The molecule has 1 aromatic rings. The first-order valence-corrected chi connectivity index (χ1v) is 8.40. The lowest BCUT2D eigenvalue weighted by Crippen LogP contribution is -2.64. The van der Waals surface area contributed by atoms with E-state index in [2.05, 4.69) is 5.32 Å². The van der Waals surface area contributed by atoms with Crippen LogP contribution in [0.25, 0.3) is 0 Å². The SMILES string of the molecule is O=C(Cc1ccccc1)NC1CN(CCC(=O)[C@@H]2CCCO2)C1=O. The Hall–Kier alpha value is -2.21. The van der Waals surface area contributed by atoms with Gasteiger partial charge < -0.3 is 15.0 Å². The zero-order chi connectivity index (χ0) is 16.9. The smallest absolute Gasteiger partial charge is 0.247 e. The minimum atomic E-state index is -0.459. The number of nitrogens with one attached hydrogen (secondary N) is 1. The van der Waals surface area contributed by atoms with Gasteiger partial charge in [-0.05, 0) is 18.4 Å². The van der Waals surface area contributed by atoms with Crippen LogP contribution in [0, 0.1) is 0 Å². The van der Waals surface area contributed by atoms with E-state index >= 15 is 0 Å². The second-order valence-electron chi connectivity index (χ2n) is 6.28. The first-order chi connectivity index (χ1) is 11.6. The van der Waals surface area contributed by atoms with Crippen molar-refractivity contribution in [3.05, 3.63) is 35.9 Å². The summed E-state index contributed by atoms with van der Waals surface area (Å²) >= 11 is 0. The van der Waals surface area contributed by atoms with Gasteiger partial charge in [0.1, 0.15) is 12.1 Å². The Morgan fingerprint density at radius 3 is 2.71 bits per heavy atom. The molecule has 2 fully saturated rings. The van der Waals surface area contributed by atoms with Crippen molar-refractivity contribution < 1.29 is 19.1 Å². The number of ether oxygens (including phenoxy) is 1. The molecule has 2 atom stereocenters. The van der Waals surface area contributed by atoms with Crippen LogP contribution in [0.15, 0.2) is 30.3 Å². The summed E-state index contributed by atoms with van der Waals surface area (Å²) < 4.78 is 5.35. The molecule has 2 heterocycles. The molecular formula is C18H22N2O4. The number of hydrogen-bond donors (Lipinski definition) is 1. The highest BCUT2D eigenvalue weighted by Gasteiger charge is 2.37. The molecule has 128 valence electrons. The highest BCUT2D eigenvalue weighted by molar-refractivity contribution is 5.93. The lowest BCUT2D eigenvalue weighted by molar-refractivity contribution is -0.147. The number of hydrogen-bond acceptors (Lipinski definition) is 4. The van der Waals surface area contributed by atoms with Crippen LogP contribution < -0.4 is 5.32 Å². The summed E-state index contributed by atoms with van der Waals surface area (Å²) in [5.41, 5.74) is 0.917. The molecule has 1 unspecified atom stereocenters. The topological polar surface area (TPSA) is 75.7 Å². The number of amides is 2. The average Bonchev–Trinajstić information content (AvgIpc) is 3.12. The molecule has 6 nitrogen and oxygen atoms in total. The lowest BCUT2D eigenvalue weighted by Gasteiger charge is -2.38. The monoisotopic (exact) mass is 330 g/mol. The third kappa shape index (κ3) is 4.00. The van der Waals surface area contributed by atoms with E-state index < -0.39 is 6.04 Å². The third-order valence-electron chi connectivity index (χ3n) is 4.47. The van der Waals surface area contributed by atoms with Gasteiger partial charge in [-0.15, -0.1) is 0 Å². The zero-order valence-electron chi connectivity index (χ0n) is 13.6. The molecule has 3 rings (SSSR count). The van der Waals surface area contributed by atoms with Gasteiger partial charge in [-0.1, -0.05) is 30.3 Å². The van der Waals surface area contributed by atoms with E-state index in [0.29, 0.717) is 26.1 Å². The molecule has 2 aliphatic heterocycles. The van der Waals surface area contributed by atoms with Crippen molar-refractivity contribution in [1.29, 1.82) is 0 Å². The summed E-state index contributed by atoms with van der Waals surface area (Å²) in [5, 5.41) is 2.75. The van der Waals surface area contributed by atoms with Crippen molar-refractivity contribution in [3.63, 3.8) is 0 Å². The number of Topliss-reactive ketones (excluding diaryl/α,β-unsaturated/α-hetero) is 1. The predicted molar refractivity (Wildman–Crippen MR) is 87.3 cm³/mol. The fourth-order valence-electron chi connectivity index (χ4n) is 3.07. The maximum absolute atomic E-state index is 12.1. The molecule has 2 amide bonds. The number of benzene rings is 1. The van der Waals surface area contributed by atoms with Gasteiger partial charge in [0.2, 0.25) is 11.8 Å². The molecule has 2 saturated heterocycles. The predicted octanol–water partition coefficient (Wildman–Crippen LogP) is 0.694. The van der Waals surface area contributed by atoms with E-state index in [9.17, 15) is 14.4 Å². The summed E-state index contributed by atoms with van der Waals surface area (Å²) in [7, 11) is 0. The minimum absolute atomic E-state index is 0.0665. The number of ketones is 1. The van der Waals surface area contributed by atoms with Gasteiger partial charge in [0.15, 0.2) is 5.78 Å². The highest BCUT2D eigenvalue weighted by atomic mass is 16.5. The van der Waals surface area contributed by atoms with Crippen molar-refractivity contribution in [2.75, 3.05) is 19.7 Å². The normalized spacial score (nSPS) is 23.0. The molecule has 0 radical (unpaired) electrons. The number of likely N-dealkylation sites (tertiary alicyclic amines) is 1. The van der Waals surface area contributed by atoms with E-state index in [4.69, 9.17) is 4.74 Å². The van der Waals surface area contributed by atoms with Crippen LogP contribution in [0.1, 0.15) is 24.8 Å². The molecule has 6 heteroatoms. The van der Waals surface area contributed by atoms with Crippen LogP contribution in [-0.2, 0) is 25.5 Å². The molecular weight excluding hydrogens is 308 g/mol. The Labute approximate surface area is 141 Å². The van der Waals surface area contributed by atoms with Crippen molar-refractivity contribution >= 4 is 17.6 Å². The Balaban J connectivity index is 1.37. The fraction of sp³-hybridized carbons (Fsp3) is 0.500. The van der Waals surface area contributed by atoms with E-state index in [1.807, 2.05) is 30.3 Å². The molecule has 2 aliphatic rings. The van der Waals surface area contributed by atoms with Gasteiger partial charge >= 0.3 is 0 Å². The van der Waals surface area contributed by atoms with Crippen molar-refractivity contribution in [2.24, 2.45) is 0 Å². The molecule has 0 aliphatic carbocycles. The first kappa shape index (κ1) is 16.6. The molecule has 0 aromatic heterocycles. The number of β-lactam (4-membered cyclic amide) rings is 1. The van der Waals surface area contributed by atoms with Gasteiger partial charge in [0, 0.05) is 26.1 Å². The first-order valence-electron chi connectivity index (χ1n) is 8.40. The quantitative estimate of drug-likeness (QED) is 0.747. The van der Waals surface area contributed by atoms with Gasteiger partial charge in [-0.25, -0.2) is 0 Å². The number of carbonyl (C=O) groups excluding carboxylic acids is 3. The number of nitrogens with zero attached hydrogens (tertiary/aromatic N) is 1. The zero-order valence-corrected chi connectivity index (χ0v) is 13.6. The molecule has 0 bridgehead atoms. The number of rotatable bonds is 7. The second kappa shape index (κ2) is 7.57. The van der Waals surface area contributed by atoms with Crippen LogP contribution in [0.2, 0.25) is 0 Å². The molecule has 1 N–H and O–H groups in total. The van der Waals surface area contributed by atoms with E-state index in [1.165, 1.54) is 0 Å². The van der Waals surface area contributed by atoms with Gasteiger partial charge in [0.25, 0.3) is 0 Å². The second-order valence-corrected chi connectivity index (χ2v) is 6.28. The summed E-state index contributed by atoms with van der Waals surface area (Å²) in [6.07, 6.45) is 2.01. The van der Waals surface area contributed by atoms with Crippen LogP contribution in [0.5, 0.6) is 0 Å². The largest absolute Gasteiger partial charge is 0.370 e. The standard InChI is InChI=1S/C18H22N2O4/c21-15(16-7-4-10-24-16)8-9-20-12-14(18(20)23)19-17(22)11-13-5-2-1-3-6-13/h1-3,5-6,14,16H,4,7-12H2,(H,19,22)/t14?,16-/m0/s1. The van der Waals surface area contributed by atoms with Gasteiger partial charge in [0.05, 0.1) is 6.42 Å². The van der Waals surface area contributed by atoms with Crippen LogP contribution in [0.3, 0.4) is 0 Å². The minimum Gasteiger partial charge on any atom is -0.370 e. The number of carbonyl (C=O) groups is 3. The summed E-state index contributed by atoms with van der Waals surface area (Å²) in [4.78, 5) is 37.5. The van der Waals surface area contributed by atoms with Crippen LogP contribution >= 0.6 is 0 Å². The summed E-state index contributed by atoms with van der Waals surface area (Å²) in [6, 6.07) is 8.95. The van der Waals surface area contributed by atoms with Crippen molar-refractivity contribution in [2.45, 2.75) is 37.8 Å². The lowest BCUT2D eigenvalue weighted by atomic mass is 10.0. The Morgan fingerprint density at radius 2 is 2.04 bits per heavy atom. The Bertz CT molecular complexity index is 611. The molecule has 0 spiro atoms. The molecule has 1 aromatic carbocycles. The Kier molecular flexibility index (Phi) is 5.25. The summed E-state index contributed by atoms with van der Waals surface area (Å²) in [5.74, 6) is -0.206. The average molecular weight is 330 g/mol. The molecule has 24 heavy (non-hydrogen) atoms. The van der Waals surface area contributed by atoms with Crippen LogP contribution in [0.4, 0.5) is 0 Å². The molecule has 0 saturated carbocycles. The third-order valence-corrected chi connectivity index (χ3v) is 4.47. The maximum Gasteiger partial charge on any atom is 0.247 e. The van der Waals surface area contributed by atoms with Gasteiger partial charge in [-0.2, -0.15) is 0 Å². The van der Waals surface area contributed by atoms with E-state index in [1.54, 1.807) is 4.90 Å². The van der Waals surface area contributed by atoms with E-state index in [-0.39, 0.29) is 30.1 Å². The Morgan fingerprint density at radius 1 is 1.25 bits per heavy atom. The maximum atomic E-state index is 12.1.